The molecule has 3 aromatic heterocycles. The number of carbonyl (C=O) groups is 2. The summed E-state index contributed by atoms with van der Waals surface area (Å²) in [5, 5.41) is 2.83. The number of hydrogen-bond donors (Lipinski definition) is 2. The number of amides is 1. The van der Waals surface area contributed by atoms with Gasteiger partial charge in [-0.1, -0.05) is 72.8 Å². The Morgan fingerprint density at radius 1 is 0.775 bits per heavy atom. The minimum absolute atomic E-state index is 0.0415. The van der Waals surface area contributed by atoms with Gasteiger partial charge in [0.25, 0.3) is 11.5 Å². The number of carbonyl (C=O) groups excluding carboxylic acids is 2. The molecule has 2 N–H and O–H groups in total. The molecule has 0 bridgehead atoms. The van der Waals surface area contributed by atoms with Gasteiger partial charge < -0.3 is 33.7 Å². The molecule has 1 unspecified atom stereocenters. The summed E-state index contributed by atoms with van der Waals surface area (Å²) >= 11 is 0. The van der Waals surface area contributed by atoms with Crippen LogP contribution in [0, 0.1) is 6.92 Å². The molecule has 9 rings (SSSR count). The molecule has 0 spiro atoms. The van der Waals surface area contributed by atoms with E-state index >= 15 is 0 Å². The Kier molecular flexibility index (Phi) is 14.5. The number of benzene rings is 4. The smallest absolute Gasteiger partial charge is 0.497 e. The van der Waals surface area contributed by atoms with Gasteiger partial charge in [0.1, 0.15) is 66.9 Å². The summed E-state index contributed by atoms with van der Waals surface area (Å²) in [4.78, 5) is 65.9. The van der Waals surface area contributed by atoms with Crippen molar-refractivity contribution in [1.29, 1.82) is 0 Å². The third kappa shape index (κ3) is 10.4. The van der Waals surface area contributed by atoms with Gasteiger partial charge in [0.2, 0.25) is 0 Å². The van der Waals surface area contributed by atoms with E-state index in [9.17, 15) is 23.7 Å². The van der Waals surface area contributed by atoms with Gasteiger partial charge in [-0.3, -0.25) is 28.5 Å². The Morgan fingerprint density at radius 2 is 1.37 bits per heavy atom. The number of aryl methyl sites for hydroxylation is 1. The van der Waals surface area contributed by atoms with Crippen LogP contribution in [0.2, 0.25) is 0 Å². The van der Waals surface area contributed by atoms with Crippen molar-refractivity contribution in [3.63, 3.8) is 0 Å². The first kappa shape index (κ1) is 48.6. The van der Waals surface area contributed by atoms with Crippen LogP contribution in [0.5, 0.6) is 11.5 Å². The second-order valence-corrected chi connectivity index (χ2v) is 17.6. The first-order valence-electron chi connectivity index (χ1n) is 22.5. The fourth-order valence-electron chi connectivity index (χ4n) is 8.77. The van der Waals surface area contributed by atoms with E-state index in [1.54, 1.807) is 43.1 Å². The molecule has 20 nitrogen and oxygen atoms in total. The van der Waals surface area contributed by atoms with E-state index in [0.717, 1.165) is 16.7 Å². The third-order valence-corrected chi connectivity index (χ3v) is 13.1. The van der Waals surface area contributed by atoms with E-state index in [2.05, 4.69) is 25.3 Å². The number of ether oxygens (including phenoxy) is 6. The number of nitrogens with zero attached hydrogens (tertiary/aromatic N) is 5. The van der Waals surface area contributed by atoms with Gasteiger partial charge in [-0.2, -0.15) is 0 Å². The quantitative estimate of drug-likeness (QED) is 0.0528. The average Bonchev–Trinajstić information content (AvgIpc) is 4.12. The van der Waals surface area contributed by atoms with E-state index in [0.29, 0.717) is 28.2 Å². The van der Waals surface area contributed by atoms with E-state index in [4.69, 9.17) is 37.5 Å². The van der Waals surface area contributed by atoms with Gasteiger partial charge in [-0.25, -0.2) is 19.7 Å². The molecule has 2 fully saturated rings. The molecular formula is C50H49N7O13P+. The first-order valence-corrected chi connectivity index (χ1v) is 23.6. The van der Waals surface area contributed by atoms with E-state index in [1.807, 2.05) is 84.9 Å². The number of aromatic amines is 1. The van der Waals surface area contributed by atoms with E-state index in [-0.39, 0.29) is 43.3 Å². The highest BCUT2D eigenvalue weighted by molar-refractivity contribution is 7.33. The number of H-pyrrole nitrogens is 1. The number of hydrogen-bond acceptors (Lipinski definition) is 16. The summed E-state index contributed by atoms with van der Waals surface area (Å²) in [5.74, 6) is 0.468. The monoisotopic (exact) mass is 986 g/mol. The van der Waals surface area contributed by atoms with Crippen LogP contribution in [0.25, 0.3) is 11.2 Å². The lowest BCUT2D eigenvalue weighted by atomic mass is 9.80. The number of nitrogens with one attached hydrogen (secondary N) is 2. The molecule has 2 saturated heterocycles. The van der Waals surface area contributed by atoms with E-state index < -0.39 is 67.9 Å². The third-order valence-electron chi connectivity index (χ3n) is 12.3. The van der Waals surface area contributed by atoms with Crippen molar-refractivity contribution in [2.24, 2.45) is 0 Å². The molecule has 7 aromatic rings. The summed E-state index contributed by atoms with van der Waals surface area (Å²) in [6, 6.07) is 33.4. The van der Waals surface area contributed by atoms with Crippen LogP contribution in [0.4, 0.5) is 5.82 Å². The number of esters is 1. The molecule has 0 aliphatic carbocycles. The Balaban J connectivity index is 1.02. The summed E-state index contributed by atoms with van der Waals surface area (Å²) in [7, 11) is 0.244. The fourth-order valence-corrected chi connectivity index (χ4v) is 9.54. The number of aromatic nitrogens is 6. The lowest BCUT2D eigenvalue weighted by Crippen LogP contribution is -2.38. The van der Waals surface area contributed by atoms with Crippen LogP contribution >= 0.6 is 8.25 Å². The molecule has 5 heterocycles. The Bertz CT molecular complexity index is 3090. The number of fused-ring (bicyclic) bond motifs is 1. The SMILES string of the molecule is COc1ccc(C(OC[C@H]2O[C@@H](n3cnc4c(NC(=O)c5ccccc5)ncnc43)C[C@@H]2O[P+](=O)OC[C@H]2O[C@@H](n3cc(C)c(=O)[nH]c3=O)C[C@@H]2OC(C)=O)(c2ccccc2)c2ccc(OC)cc2)cc1. The zero-order chi connectivity index (χ0) is 49.6. The number of imidazole rings is 1. The highest BCUT2D eigenvalue weighted by atomic mass is 31.1. The minimum Gasteiger partial charge on any atom is -0.497 e. The van der Waals surface area contributed by atoms with Crippen molar-refractivity contribution in [2.45, 2.75) is 69.2 Å². The van der Waals surface area contributed by atoms with Crippen molar-refractivity contribution in [1.82, 2.24) is 29.1 Å². The predicted octanol–water partition coefficient (Wildman–Crippen LogP) is 6.53. The highest BCUT2D eigenvalue weighted by Gasteiger charge is 2.48. The second kappa shape index (κ2) is 21.3. The van der Waals surface area contributed by atoms with Gasteiger partial charge in [-0.15, -0.1) is 9.05 Å². The molecule has 1 amide bonds. The first-order chi connectivity index (χ1) is 34.4. The van der Waals surface area contributed by atoms with Crippen molar-refractivity contribution < 1.29 is 51.6 Å². The molecule has 71 heavy (non-hydrogen) atoms. The minimum atomic E-state index is -2.94. The maximum absolute atomic E-state index is 14.0. The number of methoxy groups -OCH3 is 2. The van der Waals surface area contributed by atoms with Crippen LogP contribution < -0.4 is 26.0 Å². The fraction of sp³-hybridized carbons (Fsp3) is 0.300. The van der Waals surface area contributed by atoms with Crippen molar-refractivity contribution in [3.05, 3.63) is 177 Å². The van der Waals surface area contributed by atoms with Crippen LogP contribution in [0.15, 0.2) is 138 Å². The van der Waals surface area contributed by atoms with E-state index in [1.165, 1.54) is 37.3 Å². The number of anilines is 1. The molecule has 0 radical (unpaired) electrons. The van der Waals surface area contributed by atoms with Gasteiger partial charge in [-0.05, 0) is 60.0 Å². The van der Waals surface area contributed by atoms with Crippen molar-refractivity contribution >= 4 is 37.1 Å². The average molecular weight is 987 g/mol. The topological polar surface area (TPSA) is 236 Å². The maximum atomic E-state index is 14.0. The van der Waals surface area contributed by atoms with Crippen molar-refractivity contribution in [3.8, 4) is 11.5 Å². The highest BCUT2D eigenvalue weighted by Crippen LogP contribution is 2.45. The normalized spacial score (nSPS) is 20.1. The van der Waals surface area contributed by atoms with Crippen LogP contribution in [0.3, 0.4) is 0 Å². The van der Waals surface area contributed by atoms with Gasteiger partial charge >= 0.3 is 19.9 Å². The number of rotatable bonds is 18. The lowest BCUT2D eigenvalue weighted by molar-refractivity contribution is -0.150. The molecule has 21 heteroatoms. The molecule has 7 atom stereocenters. The maximum Gasteiger partial charge on any atom is 0.697 e. The zero-order valence-corrected chi connectivity index (χ0v) is 39.8. The Morgan fingerprint density at radius 3 is 2.00 bits per heavy atom. The lowest BCUT2D eigenvalue weighted by Gasteiger charge is -2.37. The molecule has 366 valence electrons. The van der Waals surface area contributed by atoms with Crippen molar-refractivity contribution in [2.75, 3.05) is 32.8 Å². The standard InChI is InChI=1S/C50H48N7O13P/c1-30-25-56(49(61)55-47(30)59)42-23-38(67-31(2)58)41(69-42)27-66-71(62)70-39-24-43(57-29-53-44-45(51-28-52-46(44)57)54-48(60)32-11-7-5-8-12-32)68-40(39)26-65-50(33-13-9-6-10-14-33,34-15-19-36(63-3)20-16-34)35-17-21-37(64-4)22-18-35/h5-22,25,28-29,38-43H,23-24,26-27H2,1-4H3,(H-,51,52,54,55,59,60,61)/p+1/t38-,39-,40+,41+,42+,43+/m0/s1. The summed E-state index contributed by atoms with van der Waals surface area (Å²) in [6.45, 7) is 2.27. The summed E-state index contributed by atoms with van der Waals surface area (Å²) in [5.41, 5.74) is 1.11. The van der Waals surface area contributed by atoms with Crippen LogP contribution in [-0.2, 0) is 43.0 Å². The van der Waals surface area contributed by atoms with Gasteiger partial charge in [0.15, 0.2) is 17.0 Å². The van der Waals surface area contributed by atoms with Crippen LogP contribution in [-0.4, -0.2) is 92.8 Å². The Labute approximate surface area is 406 Å². The summed E-state index contributed by atoms with van der Waals surface area (Å²) in [6.07, 6.45) is -1.21. The predicted molar refractivity (Wildman–Crippen MR) is 255 cm³/mol. The summed E-state index contributed by atoms with van der Waals surface area (Å²) < 4.78 is 65.7. The second-order valence-electron chi connectivity index (χ2n) is 16.7. The van der Waals surface area contributed by atoms with Gasteiger partial charge in [0.05, 0.1) is 27.2 Å². The molecule has 4 aromatic carbocycles. The Hall–Kier alpha value is -7.45. The van der Waals surface area contributed by atoms with Gasteiger partial charge in [0, 0.05) is 41.7 Å². The largest absolute Gasteiger partial charge is 0.697 e. The molecule has 2 aliphatic rings. The zero-order valence-electron chi connectivity index (χ0n) is 38.9. The molecular weight excluding hydrogens is 938 g/mol. The molecule has 0 saturated carbocycles. The van der Waals surface area contributed by atoms with Crippen LogP contribution in [0.1, 0.15) is 64.8 Å². The molecule has 2 aliphatic heterocycles.